The molecule has 0 spiro atoms. The second-order valence-corrected chi connectivity index (χ2v) is 3.74. The fourth-order valence-electron chi connectivity index (χ4n) is 1.83. The zero-order valence-corrected chi connectivity index (χ0v) is 8.86. The third kappa shape index (κ3) is 2.37. The van der Waals surface area contributed by atoms with Crippen LogP contribution in [-0.2, 0) is 0 Å². The average Bonchev–Trinajstić information content (AvgIpc) is 2.30. The Kier molecular flexibility index (Phi) is 3.16. The van der Waals surface area contributed by atoms with E-state index in [0.29, 0.717) is 5.82 Å². The van der Waals surface area contributed by atoms with Crippen molar-refractivity contribution in [2.24, 2.45) is 0 Å². The molecule has 4 heteroatoms. The molecule has 0 amide bonds. The lowest BCUT2D eigenvalue weighted by atomic mass is 10.0. The lowest BCUT2D eigenvalue weighted by Gasteiger charge is -2.28. The summed E-state index contributed by atoms with van der Waals surface area (Å²) in [5.74, 6) is 0.229. The Labute approximate surface area is 93.8 Å². The molecule has 2 heterocycles. The van der Waals surface area contributed by atoms with Crippen molar-refractivity contribution in [1.29, 1.82) is 5.26 Å². The van der Waals surface area contributed by atoms with Gasteiger partial charge in [0, 0.05) is 19.2 Å². The first-order valence-corrected chi connectivity index (χ1v) is 5.24. The first kappa shape index (κ1) is 10.6. The number of anilines is 1. The van der Waals surface area contributed by atoms with Crippen molar-refractivity contribution in [2.45, 2.75) is 12.8 Å². The highest BCUT2D eigenvalue weighted by Gasteiger charge is 2.15. The molecule has 1 aromatic heterocycles. The van der Waals surface area contributed by atoms with E-state index >= 15 is 0 Å². The molecule has 1 aliphatic rings. The highest BCUT2D eigenvalue weighted by molar-refractivity contribution is 5.40. The monoisotopic (exact) mass is 217 g/mol. The third-order valence-electron chi connectivity index (χ3n) is 2.70. The van der Waals surface area contributed by atoms with Crippen molar-refractivity contribution in [2.75, 3.05) is 18.0 Å². The molecule has 1 aromatic rings. The zero-order valence-electron chi connectivity index (χ0n) is 8.86. The minimum atomic E-state index is -0.448. The van der Waals surface area contributed by atoms with Crippen LogP contribution >= 0.6 is 0 Å². The Hall–Kier alpha value is -1.89. The lowest BCUT2D eigenvalue weighted by Crippen LogP contribution is -2.31. The molecule has 1 saturated heterocycles. The van der Waals surface area contributed by atoms with Crippen LogP contribution in [0.15, 0.2) is 29.8 Å². The zero-order chi connectivity index (χ0) is 11.4. The molecule has 2 rings (SSSR count). The lowest BCUT2D eigenvalue weighted by molar-refractivity contribution is 0.577. The molecular weight excluding hydrogens is 205 g/mol. The fraction of sp³-hybridized carbons (Fsp3) is 0.333. The minimum absolute atomic E-state index is 0.448. The number of allylic oxidation sites excluding steroid dienone is 1. The maximum Gasteiger partial charge on any atom is 0.214 e. The van der Waals surface area contributed by atoms with E-state index in [0.717, 1.165) is 31.5 Å². The van der Waals surface area contributed by atoms with Gasteiger partial charge in [0.25, 0.3) is 0 Å². The summed E-state index contributed by atoms with van der Waals surface area (Å²) < 4.78 is 12.9. The van der Waals surface area contributed by atoms with E-state index < -0.39 is 5.95 Å². The Morgan fingerprint density at radius 2 is 2.12 bits per heavy atom. The fourth-order valence-corrected chi connectivity index (χ4v) is 1.83. The van der Waals surface area contributed by atoms with E-state index in [9.17, 15) is 4.39 Å². The van der Waals surface area contributed by atoms with Gasteiger partial charge < -0.3 is 4.90 Å². The summed E-state index contributed by atoms with van der Waals surface area (Å²) in [6, 6.07) is 6.86. The first-order chi connectivity index (χ1) is 7.79. The molecule has 3 nitrogen and oxygen atoms in total. The molecule has 16 heavy (non-hydrogen) atoms. The van der Waals surface area contributed by atoms with E-state index in [2.05, 4.69) is 4.98 Å². The van der Waals surface area contributed by atoms with Crippen molar-refractivity contribution in [3.05, 3.63) is 35.8 Å². The second-order valence-electron chi connectivity index (χ2n) is 3.74. The van der Waals surface area contributed by atoms with Gasteiger partial charge in [-0.05, 0) is 25.0 Å². The summed E-state index contributed by atoms with van der Waals surface area (Å²) in [6.07, 6.45) is 3.31. The Morgan fingerprint density at radius 3 is 2.75 bits per heavy atom. The van der Waals surface area contributed by atoms with Crippen LogP contribution in [0.4, 0.5) is 10.2 Å². The van der Waals surface area contributed by atoms with E-state index in [1.807, 2.05) is 17.0 Å². The van der Waals surface area contributed by atoms with Gasteiger partial charge in [-0.3, -0.25) is 0 Å². The van der Waals surface area contributed by atoms with Crippen LogP contribution in [0.2, 0.25) is 0 Å². The van der Waals surface area contributed by atoms with Crippen LogP contribution in [0.5, 0.6) is 0 Å². The normalized spacial score (nSPS) is 15.8. The van der Waals surface area contributed by atoms with Crippen LogP contribution in [0.3, 0.4) is 0 Å². The first-order valence-electron chi connectivity index (χ1n) is 5.24. The summed E-state index contributed by atoms with van der Waals surface area (Å²) in [5.41, 5.74) is 1.16. The summed E-state index contributed by atoms with van der Waals surface area (Å²) >= 11 is 0. The molecule has 0 saturated carbocycles. The molecule has 0 aromatic carbocycles. The van der Waals surface area contributed by atoms with E-state index in [-0.39, 0.29) is 0 Å². The Morgan fingerprint density at radius 1 is 1.38 bits per heavy atom. The van der Waals surface area contributed by atoms with Crippen LogP contribution in [0.25, 0.3) is 0 Å². The van der Waals surface area contributed by atoms with Gasteiger partial charge in [0.05, 0.1) is 6.07 Å². The summed E-state index contributed by atoms with van der Waals surface area (Å²) in [7, 11) is 0. The minimum Gasteiger partial charge on any atom is -0.356 e. The maximum atomic E-state index is 12.9. The Bertz CT molecular complexity index is 438. The van der Waals surface area contributed by atoms with Crippen molar-refractivity contribution in [3.8, 4) is 6.07 Å². The number of rotatable bonds is 1. The molecular formula is C12H12FN3. The van der Waals surface area contributed by atoms with Gasteiger partial charge in [-0.1, -0.05) is 11.6 Å². The predicted octanol–water partition coefficient (Wildman–Crippen LogP) is 2.27. The van der Waals surface area contributed by atoms with E-state index in [1.165, 1.54) is 6.07 Å². The largest absolute Gasteiger partial charge is 0.356 e. The third-order valence-corrected chi connectivity index (χ3v) is 2.70. The molecule has 1 fully saturated rings. The van der Waals surface area contributed by atoms with E-state index in [4.69, 9.17) is 5.26 Å². The molecule has 82 valence electrons. The standard InChI is InChI=1S/C12H12FN3/c13-11-2-1-3-12(15-11)16-8-5-10(4-7-14)6-9-16/h1-4H,5-6,8-9H2. The quantitative estimate of drug-likeness (QED) is 0.535. The molecule has 0 unspecified atom stereocenters. The molecule has 0 aliphatic carbocycles. The highest BCUT2D eigenvalue weighted by atomic mass is 19.1. The molecule has 1 aliphatic heterocycles. The van der Waals surface area contributed by atoms with Gasteiger partial charge in [0.2, 0.25) is 5.95 Å². The highest BCUT2D eigenvalue weighted by Crippen LogP contribution is 2.20. The topological polar surface area (TPSA) is 39.9 Å². The van der Waals surface area contributed by atoms with Gasteiger partial charge in [0.15, 0.2) is 0 Å². The number of aromatic nitrogens is 1. The molecule has 0 radical (unpaired) electrons. The van der Waals surface area contributed by atoms with Crippen molar-refractivity contribution in [1.82, 2.24) is 4.98 Å². The van der Waals surface area contributed by atoms with Crippen LogP contribution in [0.1, 0.15) is 12.8 Å². The molecule has 0 bridgehead atoms. The van der Waals surface area contributed by atoms with Crippen molar-refractivity contribution < 1.29 is 4.39 Å². The number of halogens is 1. The summed E-state index contributed by atoms with van der Waals surface area (Å²) in [6.45, 7) is 1.59. The van der Waals surface area contributed by atoms with E-state index in [1.54, 1.807) is 12.1 Å². The van der Waals surface area contributed by atoms with Crippen LogP contribution in [0, 0.1) is 17.3 Å². The number of nitrogens with zero attached hydrogens (tertiary/aromatic N) is 3. The van der Waals surface area contributed by atoms with Gasteiger partial charge in [0.1, 0.15) is 5.82 Å². The number of hydrogen-bond donors (Lipinski definition) is 0. The second kappa shape index (κ2) is 4.75. The van der Waals surface area contributed by atoms with Gasteiger partial charge in [-0.25, -0.2) is 4.98 Å². The maximum absolute atomic E-state index is 12.9. The van der Waals surface area contributed by atoms with Crippen molar-refractivity contribution in [3.63, 3.8) is 0 Å². The van der Waals surface area contributed by atoms with Crippen molar-refractivity contribution >= 4 is 5.82 Å². The number of hydrogen-bond acceptors (Lipinski definition) is 3. The van der Waals surface area contributed by atoms with Gasteiger partial charge in [-0.2, -0.15) is 9.65 Å². The SMILES string of the molecule is N#CC=C1CCN(c2cccc(F)n2)CC1. The number of piperidine rings is 1. The number of nitriles is 1. The van der Waals surface area contributed by atoms with Crippen LogP contribution < -0.4 is 4.90 Å². The Balaban J connectivity index is 2.05. The number of pyridine rings is 1. The van der Waals surface area contributed by atoms with Gasteiger partial charge >= 0.3 is 0 Å². The molecule has 0 N–H and O–H groups in total. The molecule has 0 atom stereocenters. The smallest absolute Gasteiger partial charge is 0.214 e. The average molecular weight is 217 g/mol. The summed E-state index contributed by atoms with van der Waals surface area (Å²) in [5, 5.41) is 8.54. The predicted molar refractivity (Wildman–Crippen MR) is 59.3 cm³/mol. The van der Waals surface area contributed by atoms with Gasteiger partial charge in [-0.15, -0.1) is 0 Å². The summed E-state index contributed by atoms with van der Waals surface area (Å²) in [4.78, 5) is 5.88. The van der Waals surface area contributed by atoms with Crippen LogP contribution in [-0.4, -0.2) is 18.1 Å².